The molecule has 0 fully saturated rings. The first-order valence-electron chi connectivity index (χ1n) is 10.2. The highest BCUT2D eigenvalue weighted by Crippen LogP contribution is 2.34. The minimum atomic E-state index is -0.382. The molecular weight excluding hydrogens is 396 g/mol. The van der Waals surface area contributed by atoms with E-state index in [1.165, 1.54) is 17.3 Å². The Morgan fingerprint density at radius 1 is 1.13 bits per heavy atom. The van der Waals surface area contributed by atoms with Crippen molar-refractivity contribution in [3.05, 3.63) is 59.7 Å². The second kappa shape index (κ2) is 8.83. The smallest absolute Gasteiger partial charge is 0.259 e. The number of aryl methyl sites for hydroxylation is 1. The molecule has 7 heteroatoms. The van der Waals surface area contributed by atoms with Gasteiger partial charge in [-0.05, 0) is 42.7 Å². The molecule has 2 aliphatic rings. The van der Waals surface area contributed by atoms with Gasteiger partial charge in [0, 0.05) is 11.3 Å². The Hall–Kier alpha value is -2.93. The van der Waals surface area contributed by atoms with Crippen molar-refractivity contribution in [2.24, 2.45) is 9.98 Å². The van der Waals surface area contributed by atoms with Gasteiger partial charge in [0.15, 0.2) is 5.17 Å². The molecule has 2 heterocycles. The van der Waals surface area contributed by atoms with E-state index in [-0.39, 0.29) is 23.6 Å². The molecule has 0 unspecified atom stereocenters. The fraction of sp³-hybridized carbons (Fsp3) is 0.304. The van der Waals surface area contributed by atoms with Crippen molar-refractivity contribution in [1.82, 2.24) is 4.90 Å². The number of fused-ring (bicyclic) bond motifs is 3. The van der Waals surface area contributed by atoms with Gasteiger partial charge in [-0.2, -0.15) is 0 Å². The molecule has 1 N–H and O–H groups in total. The number of carbonyl (C=O) groups is 2. The van der Waals surface area contributed by atoms with Gasteiger partial charge in [0.2, 0.25) is 5.91 Å². The number of amides is 2. The monoisotopic (exact) mass is 420 g/mol. The summed E-state index contributed by atoms with van der Waals surface area (Å²) in [6, 6.07) is 15.1. The topological polar surface area (TPSA) is 74.1 Å². The molecule has 0 aliphatic carbocycles. The maximum Gasteiger partial charge on any atom is 0.259 e. The Balaban J connectivity index is 1.50. The van der Waals surface area contributed by atoms with Gasteiger partial charge in [-0.25, -0.2) is 9.89 Å². The van der Waals surface area contributed by atoms with Crippen LogP contribution in [-0.2, 0) is 16.0 Å². The third kappa shape index (κ3) is 4.03. The molecule has 2 aromatic rings. The molecule has 1 atom stereocenters. The predicted molar refractivity (Wildman–Crippen MR) is 123 cm³/mol. The molecule has 4 rings (SSSR count). The number of benzene rings is 2. The van der Waals surface area contributed by atoms with E-state index in [0.29, 0.717) is 17.4 Å². The maximum atomic E-state index is 13.0. The largest absolute Gasteiger partial charge is 0.325 e. The van der Waals surface area contributed by atoms with Gasteiger partial charge in [0.25, 0.3) is 5.91 Å². The standard InChI is InChI=1S/C23H24N4O2S/c1-3-7-19-22(29)27-21(25-19)17-8-5-6-9-18(17)26-23(27)30-14-20(28)24-16-12-10-15(4-2)11-13-16/h5-6,8-13,19H,3-4,7,14H2,1-2H3,(H,24,28)/t19-/m0/s1. The number of rotatable bonds is 6. The van der Waals surface area contributed by atoms with Gasteiger partial charge in [-0.3, -0.25) is 14.6 Å². The van der Waals surface area contributed by atoms with Crippen LogP contribution < -0.4 is 5.32 Å². The molecule has 2 aromatic carbocycles. The van der Waals surface area contributed by atoms with Crippen molar-refractivity contribution < 1.29 is 9.59 Å². The van der Waals surface area contributed by atoms with Crippen molar-refractivity contribution in [2.75, 3.05) is 11.1 Å². The number of nitrogens with zero attached hydrogens (tertiary/aromatic N) is 3. The van der Waals surface area contributed by atoms with Crippen molar-refractivity contribution in [3.63, 3.8) is 0 Å². The Kier molecular flexibility index (Phi) is 5.99. The van der Waals surface area contributed by atoms with E-state index in [1.807, 2.05) is 55.5 Å². The molecule has 2 amide bonds. The van der Waals surface area contributed by atoms with E-state index in [0.717, 1.165) is 29.8 Å². The van der Waals surface area contributed by atoms with Gasteiger partial charge in [-0.1, -0.05) is 56.3 Å². The average molecular weight is 421 g/mol. The lowest BCUT2D eigenvalue weighted by Crippen LogP contribution is -2.41. The van der Waals surface area contributed by atoms with Crippen molar-refractivity contribution in [3.8, 4) is 0 Å². The van der Waals surface area contributed by atoms with Gasteiger partial charge in [-0.15, -0.1) is 0 Å². The zero-order valence-corrected chi connectivity index (χ0v) is 17.9. The van der Waals surface area contributed by atoms with Crippen LogP contribution in [0.25, 0.3) is 0 Å². The van der Waals surface area contributed by atoms with Crippen LogP contribution in [-0.4, -0.2) is 39.5 Å². The minimum absolute atomic E-state index is 0.0665. The number of para-hydroxylation sites is 1. The first kappa shape index (κ1) is 20.3. The number of nitrogens with one attached hydrogen (secondary N) is 1. The third-order valence-electron chi connectivity index (χ3n) is 5.09. The van der Waals surface area contributed by atoms with Crippen LogP contribution in [0.3, 0.4) is 0 Å². The summed E-state index contributed by atoms with van der Waals surface area (Å²) in [7, 11) is 0. The third-order valence-corrected chi connectivity index (χ3v) is 6.03. The van der Waals surface area contributed by atoms with Crippen molar-refractivity contribution in [2.45, 2.75) is 39.2 Å². The molecule has 0 spiro atoms. The predicted octanol–water partition coefficient (Wildman–Crippen LogP) is 4.38. The lowest BCUT2D eigenvalue weighted by molar-refractivity contribution is -0.124. The maximum absolute atomic E-state index is 13.0. The highest BCUT2D eigenvalue weighted by atomic mass is 32.2. The van der Waals surface area contributed by atoms with E-state index in [4.69, 9.17) is 0 Å². The summed E-state index contributed by atoms with van der Waals surface area (Å²) < 4.78 is 0. The van der Waals surface area contributed by atoms with Crippen LogP contribution in [0, 0.1) is 0 Å². The van der Waals surface area contributed by atoms with Crippen LogP contribution in [0.5, 0.6) is 0 Å². The first-order chi connectivity index (χ1) is 14.6. The average Bonchev–Trinajstić information content (AvgIpc) is 3.09. The molecule has 0 saturated carbocycles. The van der Waals surface area contributed by atoms with Crippen molar-refractivity contribution in [1.29, 1.82) is 0 Å². The second-order valence-electron chi connectivity index (χ2n) is 7.23. The molecule has 0 aromatic heterocycles. The van der Waals surface area contributed by atoms with Gasteiger partial charge in [0.1, 0.15) is 11.9 Å². The summed E-state index contributed by atoms with van der Waals surface area (Å²) in [5, 5.41) is 3.41. The van der Waals surface area contributed by atoms with E-state index in [2.05, 4.69) is 22.2 Å². The Bertz CT molecular complexity index is 1030. The molecule has 0 bridgehead atoms. The Morgan fingerprint density at radius 3 is 2.63 bits per heavy atom. The van der Waals surface area contributed by atoms with E-state index in [1.54, 1.807) is 4.90 Å². The molecule has 30 heavy (non-hydrogen) atoms. The van der Waals surface area contributed by atoms with Gasteiger partial charge < -0.3 is 5.32 Å². The van der Waals surface area contributed by atoms with E-state index >= 15 is 0 Å². The van der Waals surface area contributed by atoms with Crippen LogP contribution >= 0.6 is 11.8 Å². The summed E-state index contributed by atoms with van der Waals surface area (Å²) in [4.78, 5) is 36.4. The Morgan fingerprint density at radius 2 is 1.90 bits per heavy atom. The zero-order chi connectivity index (χ0) is 21.1. The van der Waals surface area contributed by atoms with Crippen LogP contribution in [0.15, 0.2) is 58.5 Å². The highest BCUT2D eigenvalue weighted by Gasteiger charge is 2.40. The molecule has 0 radical (unpaired) electrons. The van der Waals surface area contributed by atoms with E-state index in [9.17, 15) is 9.59 Å². The Labute approximate surface area is 180 Å². The first-order valence-corrected chi connectivity index (χ1v) is 11.2. The molecule has 0 saturated heterocycles. The molecule has 154 valence electrons. The number of carbonyl (C=O) groups excluding carboxylic acids is 2. The fourth-order valence-electron chi connectivity index (χ4n) is 3.51. The number of thioether (sulfide) groups is 1. The normalized spacial score (nSPS) is 17.2. The molecule has 2 aliphatic heterocycles. The zero-order valence-electron chi connectivity index (χ0n) is 17.1. The highest BCUT2D eigenvalue weighted by molar-refractivity contribution is 8.14. The fourth-order valence-corrected chi connectivity index (χ4v) is 4.31. The van der Waals surface area contributed by atoms with Gasteiger partial charge in [0.05, 0.1) is 11.4 Å². The van der Waals surface area contributed by atoms with E-state index < -0.39 is 0 Å². The number of anilines is 1. The van der Waals surface area contributed by atoms with Crippen LogP contribution in [0.4, 0.5) is 11.4 Å². The molecule has 6 nitrogen and oxygen atoms in total. The number of hydrogen-bond acceptors (Lipinski definition) is 5. The number of hydrogen-bond donors (Lipinski definition) is 1. The minimum Gasteiger partial charge on any atom is -0.325 e. The summed E-state index contributed by atoms with van der Waals surface area (Å²) in [6.07, 6.45) is 2.53. The second-order valence-corrected chi connectivity index (χ2v) is 8.17. The summed E-state index contributed by atoms with van der Waals surface area (Å²) >= 11 is 1.26. The van der Waals surface area contributed by atoms with Crippen LogP contribution in [0.1, 0.15) is 37.8 Å². The number of aliphatic imine (C=N–C) groups is 2. The summed E-state index contributed by atoms with van der Waals surface area (Å²) in [5.74, 6) is 0.595. The summed E-state index contributed by atoms with van der Waals surface area (Å²) in [5.41, 5.74) is 3.61. The van der Waals surface area contributed by atoms with Crippen LogP contribution in [0.2, 0.25) is 0 Å². The van der Waals surface area contributed by atoms with Crippen molar-refractivity contribution >= 4 is 46.0 Å². The lowest BCUT2D eigenvalue weighted by atomic mass is 10.1. The molecular formula is C23H24N4O2S. The SMILES string of the molecule is CCC[C@@H]1N=C2c3ccccc3N=C(SCC(=O)Nc3ccc(CC)cc3)N2C1=O. The summed E-state index contributed by atoms with van der Waals surface area (Å²) in [6.45, 7) is 4.13. The lowest BCUT2D eigenvalue weighted by Gasteiger charge is -2.25. The van der Waals surface area contributed by atoms with Gasteiger partial charge >= 0.3 is 0 Å². The quantitative estimate of drug-likeness (QED) is 0.754. The number of amidine groups is 2.